The van der Waals surface area contributed by atoms with Crippen LogP contribution in [0.25, 0.3) is 10.9 Å². The highest BCUT2D eigenvalue weighted by molar-refractivity contribution is 5.80. The van der Waals surface area contributed by atoms with E-state index < -0.39 is 0 Å². The van der Waals surface area contributed by atoms with Gasteiger partial charge in [0, 0.05) is 24.3 Å². The molecule has 3 aromatic rings. The van der Waals surface area contributed by atoms with Crippen LogP contribution in [0, 0.1) is 17.0 Å². The molecule has 0 amide bonds. The van der Waals surface area contributed by atoms with Crippen molar-refractivity contribution in [1.82, 2.24) is 4.98 Å². The number of nitrogens with zero attached hydrogens (tertiary/aromatic N) is 1. The van der Waals surface area contributed by atoms with E-state index in [1.807, 2.05) is 37.4 Å². The average molecular weight is 281 g/mol. The molecule has 0 saturated carbocycles. The number of fused-ring (bicyclic) bond motifs is 1. The van der Waals surface area contributed by atoms with Crippen molar-refractivity contribution in [2.75, 3.05) is 5.32 Å². The van der Waals surface area contributed by atoms with E-state index in [1.165, 1.54) is 0 Å². The lowest BCUT2D eigenvalue weighted by Crippen LogP contribution is -2.02. The molecule has 0 bridgehead atoms. The molecule has 106 valence electrons. The largest absolute Gasteiger partial charge is 0.375 e. The van der Waals surface area contributed by atoms with Crippen LogP contribution >= 0.6 is 0 Å². The molecule has 21 heavy (non-hydrogen) atoms. The molecular formula is C16H15N3O2. The van der Waals surface area contributed by atoms with Crippen LogP contribution in [0.5, 0.6) is 0 Å². The summed E-state index contributed by atoms with van der Waals surface area (Å²) in [7, 11) is 0. The highest BCUT2D eigenvalue weighted by Crippen LogP contribution is 2.26. The molecule has 0 saturated heterocycles. The fourth-order valence-corrected chi connectivity index (χ4v) is 2.35. The monoisotopic (exact) mass is 281 g/mol. The first-order valence-corrected chi connectivity index (χ1v) is 6.68. The van der Waals surface area contributed by atoms with Crippen molar-refractivity contribution < 1.29 is 4.92 Å². The quantitative estimate of drug-likeness (QED) is 0.561. The third kappa shape index (κ3) is 2.72. The van der Waals surface area contributed by atoms with Gasteiger partial charge in [0.15, 0.2) is 0 Å². The lowest BCUT2D eigenvalue weighted by molar-refractivity contribution is -0.384. The van der Waals surface area contributed by atoms with Gasteiger partial charge in [0.25, 0.3) is 5.69 Å². The zero-order valence-corrected chi connectivity index (χ0v) is 11.6. The summed E-state index contributed by atoms with van der Waals surface area (Å²) >= 11 is 0. The molecule has 5 heteroatoms. The zero-order valence-electron chi connectivity index (χ0n) is 11.6. The van der Waals surface area contributed by atoms with Gasteiger partial charge in [0.2, 0.25) is 0 Å². The molecule has 1 heterocycles. The van der Waals surface area contributed by atoms with E-state index in [4.69, 9.17) is 0 Å². The molecule has 0 aliphatic carbocycles. The second kappa shape index (κ2) is 5.28. The Labute approximate surface area is 121 Å². The smallest absolute Gasteiger partial charge is 0.292 e. The van der Waals surface area contributed by atoms with Crippen LogP contribution in [0.4, 0.5) is 11.4 Å². The minimum Gasteiger partial charge on any atom is -0.375 e. The van der Waals surface area contributed by atoms with E-state index in [1.54, 1.807) is 12.1 Å². The summed E-state index contributed by atoms with van der Waals surface area (Å²) in [4.78, 5) is 13.9. The number of aryl methyl sites for hydroxylation is 1. The normalized spacial score (nSPS) is 10.7. The number of nitro groups is 1. The Bertz CT molecular complexity index is 808. The Hall–Kier alpha value is -2.82. The number of aromatic nitrogens is 1. The number of hydrogen-bond acceptors (Lipinski definition) is 3. The maximum Gasteiger partial charge on any atom is 0.292 e. The van der Waals surface area contributed by atoms with Gasteiger partial charge >= 0.3 is 0 Å². The van der Waals surface area contributed by atoms with Gasteiger partial charge in [0.05, 0.1) is 4.92 Å². The van der Waals surface area contributed by atoms with Crippen molar-refractivity contribution in [2.24, 2.45) is 0 Å². The van der Waals surface area contributed by atoms with Gasteiger partial charge in [0.1, 0.15) is 5.69 Å². The van der Waals surface area contributed by atoms with Gasteiger partial charge < -0.3 is 10.3 Å². The van der Waals surface area contributed by atoms with E-state index in [-0.39, 0.29) is 10.6 Å². The molecule has 0 aliphatic rings. The van der Waals surface area contributed by atoms with E-state index in [0.29, 0.717) is 12.2 Å². The van der Waals surface area contributed by atoms with Gasteiger partial charge in [-0.2, -0.15) is 0 Å². The number of nitrogens with one attached hydrogen (secondary N) is 2. The van der Waals surface area contributed by atoms with Crippen LogP contribution < -0.4 is 5.32 Å². The minimum absolute atomic E-state index is 0.109. The van der Waals surface area contributed by atoms with Gasteiger partial charge in [-0.1, -0.05) is 12.1 Å². The van der Waals surface area contributed by atoms with Gasteiger partial charge in [-0.25, -0.2) is 0 Å². The van der Waals surface area contributed by atoms with Crippen LogP contribution in [0.1, 0.15) is 11.1 Å². The first-order valence-electron chi connectivity index (χ1n) is 6.68. The van der Waals surface area contributed by atoms with Gasteiger partial charge in [-0.15, -0.1) is 0 Å². The second-order valence-corrected chi connectivity index (χ2v) is 5.03. The highest BCUT2D eigenvalue weighted by Gasteiger charge is 2.13. The summed E-state index contributed by atoms with van der Waals surface area (Å²) in [6.07, 6.45) is 1.90. The maximum atomic E-state index is 11.1. The van der Waals surface area contributed by atoms with Crippen molar-refractivity contribution in [3.63, 3.8) is 0 Å². The summed E-state index contributed by atoms with van der Waals surface area (Å²) in [6.45, 7) is 2.39. The number of nitro benzene ring substituents is 1. The molecule has 5 nitrogen and oxygen atoms in total. The van der Waals surface area contributed by atoms with E-state index in [2.05, 4.69) is 16.4 Å². The molecule has 0 spiro atoms. The number of H-pyrrole nitrogens is 1. The summed E-state index contributed by atoms with van der Waals surface area (Å²) < 4.78 is 0. The zero-order chi connectivity index (χ0) is 14.8. The Morgan fingerprint density at radius 1 is 1.19 bits per heavy atom. The van der Waals surface area contributed by atoms with Crippen molar-refractivity contribution >= 4 is 22.3 Å². The molecule has 0 atom stereocenters. The standard InChI is InChI=1S/C16H15N3O2/c1-11-2-4-15(16(8-11)19(20)21)18-10-12-3-5-14-13(9-12)6-7-17-14/h2-9,17-18H,10H2,1H3. The Balaban J connectivity index is 1.82. The van der Waals surface area contributed by atoms with Crippen LogP contribution in [0.3, 0.4) is 0 Å². The summed E-state index contributed by atoms with van der Waals surface area (Å²) in [5, 5.41) is 15.4. The number of anilines is 1. The molecule has 0 fully saturated rings. The lowest BCUT2D eigenvalue weighted by Gasteiger charge is -2.08. The van der Waals surface area contributed by atoms with Crippen molar-refractivity contribution in [2.45, 2.75) is 13.5 Å². The number of aromatic amines is 1. The maximum absolute atomic E-state index is 11.1. The van der Waals surface area contributed by atoms with Gasteiger partial charge in [-0.3, -0.25) is 10.1 Å². The Morgan fingerprint density at radius 3 is 2.86 bits per heavy atom. The Kier molecular flexibility index (Phi) is 3.31. The van der Waals surface area contributed by atoms with Crippen molar-refractivity contribution in [3.05, 3.63) is 69.9 Å². The molecule has 0 aliphatic heterocycles. The number of benzene rings is 2. The van der Waals surface area contributed by atoms with Crippen molar-refractivity contribution in [1.29, 1.82) is 0 Å². The van der Waals surface area contributed by atoms with Crippen LogP contribution in [0.2, 0.25) is 0 Å². The molecule has 3 rings (SSSR count). The topological polar surface area (TPSA) is 71.0 Å². The number of rotatable bonds is 4. The van der Waals surface area contributed by atoms with Gasteiger partial charge in [-0.05, 0) is 47.7 Å². The predicted octanol–water partition coefficient (Wildman–Crippen LogP) is 4.00. The molecular weight excluding hydrogens is 266 g/mol. The third-order valence-electron chi connectivity index (χ3n) is 3.45. The summed E-state index contributed by atoms with van der Waals surface area (Å²) in [5.41, 5.74) is 3.69. The predicted molar refractivity (Wildman–Crippen MR) is 83.5 cm³/mol. The van der Waals surface area contributed by atoms with E-state index in [9.17, 15) is 10.1 Å². The molecule has 0 radical (unpaired) electrons. The summed E-state index contributed by atoms with van der Waals surface area (Å²) in [5.74, 6) is 0. The van der Waals surface area contributed by atoms with E-state index in [0.717, 1.165) is 22.0 Å². The lowest BCUT2D eigenvalue weighted by atomic mass is 10.1. The second-order valence-electron chi connectivity index (χ2n) is 5.03. The highest BCUT2D eigenvalue weighted by atomic mass is 16.6. The van der Waals surface area contributed by atoms with Crippen LogP contribution in [-0.2, 0) is 6.54 Å². The Morgan fingerprint density at radius 2 is 2.05 bits per heavy atom. The molecule has 2 N–H and O–H groups in total. The molecule has 2 aromatic carbocycles. The first-order chi connectivity index (χ1) is 10.1. The molecule has 1 aromatic heterocycles. The third-order valence-corrected chi connectivity index (χ3v) is 3.45. The summed E-state index contributed by atoms with van der Waals surface area (Å²) in [6, 6.07) is 13.3. The van der Waals surface area contributed by atoms with Crippen molar-refractivity contribution in [3.8, 4) is 0 Å². The average Bonchev–Trinajstić information content (AvgIpc) is 2.93. The van der Waals surface area contributed by atoms with Crippen LogP contribution in [-0.4, -0.2) is 9.91 Å². The molecule has 0 unspecified atom stereocenters. The minimum atomic E-state index is -0.356. The number of hydrogen-bond donors (Lipinski definition) is 2. The fraction of sp³-hybridized carbons (Fsp3) is 0.125. The first kappa shape index (κ1) is 13.2. The SMILES string of the molecule is Cc1ccc(NCc2ccc3[nH]ccc3c2)c([N+](=O)[O-])c1. The fourth-order valence-electron chi connectivity index (χ4n) is 2.35. The van der Waals surface area contributed by atoms with Crippen LogP contribution in [0.15, 0.2) is 48.7 Å². The van der Waals surface area contributed by atoms with E-state index >= 15 is 0 Å².